The van der Waals surface area contributed by atoms with E-state index < -0.39 is 0 Å². The van der Waals surface area contributed by atoms with Gasteiger partial charge in [-0.2, -0.15) is 0 Å². The van der Waals surface area contributed by atoms with E-state index in [0.717, 1.165) is 32.7 Å². The molecule has 0 aromatic carbocycles. The van der Waals surface area contributed by atoms with E-state index in [0.29, 0.717) is 5.41 Å². The molecule has 1 atom stereocenters. The summed E-state index contributed by atoms with van der Waals surface area (Å²) in [6.07, 6.45) is 6.53. The first-order valence-electron chi connectivity index (χ1n) is 7.77. The van der Waals surface area contributed by atoms with Gasteiger partial charge in [0.1, 0.15) is 0 Å². The van der Waals surface area contributed by atoms with Crippen molar-refractivity contribution in [1.82, 2.24) is 10.2 Å². The topological polar surface area (TPSA) is 35.5 Å². The van der Waals surface area contributed by atoms with Crippen LogP contribution in [0, 0.1) is 5.41 Å². The predicted octanol–water partition coefficient (Wildman–Crippen LogP) is 2.25. The molecule has 1 saturated carbocycles. The van der Waals surface area contributed by atoms with Gasteiger partial charge in [0.05, 0.1) is 6.10 Å². The van der Waals surface area contributed by atoms with E-state index in [1.54, 1.807) is 0 Å². The minimum Gasteiger partial charge on any atom is -0.390 e. The van der Waals surface area contributed by atoms with Crippen LogP contribution >= 0.6 is 0 Å². The second-order valence-electron chi connectivity index (χ2n) is 5.83. The molecule has 18 heavy (non-hydrogen) atoms. The Morgan fingerprint density at radius 3 is 2.28 bits per heavy atom. The van der Waals surface area contributed by atoms with Crippen molar-refractivity contribution in [2.24, 2.45) is 5.41 Å². The standard InChI is InChI=1S/C15H32N2O/c1-4-15(9-7-8-10-15)13-16-11-14(18)12-17(5-2)6-3/h14,16,18H,4-13H2,1-3H3. The maximum atomic E-state index is 10.0. The number of aliphatic hydroxyl groups excluding tert-OH is 1. The summed E-state index contributed by atoms with van der Waals surface area (Å²) in [7, 11) is 0. The third-order valence-electron chi connectivity index (χ3n) is 4.66. The van der Waals surface area contributed by atoms with E-state index >= 15 is 0 Å². The summed E-state index contributed by atoms with van der Waals surface area (Å²) in [4.78, 5) is 2.28. The number of nitrogens with zero attached hydrogens (tertiary/aromatic N) is 1. The summed E-state index contributed by atoms with van der Waals surface area (Å²) in [5.41, 5.74) is 0.523. The molecule has 0 aromatic rings. The van der Waals surface area contributed by atoms with Crippen LogP contribution in [0.25, 0.3) is 0 Å². The fourth-order valence-corrected chi connectivity index (χ4v) is 3.13. The highest BCUT2D eigenvalue weighted by Gasteiger charge is 2.31. The zero-order valence-corrected chi connectivity index (χ0v) is 12.5. The van der Waals surface area contributed by atoms with Crippen LogP contribution in [0.3, 0.4) is 0 Å². The summed E-state index contributed by atoms with van der Waals surface area (Å²) in [6, 6.07) is 0. The largest absolute Gasteiger partial charge is 0.390 e. The van der Waals surface area contributed by atoms with Gasteiger partial charge in [-0.3, -0.25) is 0 Å². The molecule has 1 aliphatic carbocycles. The van der Waals surface area contributed by atoms with Crippen LogP contribution in [0.1, 0.15) is 52.9 Å². The van der Waals surface area contributed by atoms with Crippen LogP contribution in [0.15, 0.2) is 0 Å². The summed E-state index contributed by atoms with van der Waals surface area (Å²) in [6.45, 7) is 11.2. The molecule has 2 N–H and O–H groups in total. The number of rotatable bonds is 9. The lowest BCUT2D eigenvalue weighted by molar-refractivity contribution is 0.112. The van der Waals surface area contributed by atoms with Crippen LogP contribution in [-0.2, 0) is 0 Å². The molecular weight excluding hydrogens is 224 g/mol. The van der Waals surface area contributed by atoms with Crippen molar-refractivity contribution in [3.8, 4) is 0 Å². The molecule has 0 spiro atoms. The molecule has 108 valence electrons. The summed E-state index contributed by atoms with van der Waals surface area (Å²) >= 11 is 0. The third-order valence-corrected chi connectivity index (χ3v) is 4.66. The average Bonchev–Trinajstić information content (AvgIpc) is 2.85. The number of likely N-dealkylation sites (N-methyl/N-ethyl adjacent to an activating group) is 1. The van der Waals surface area contributed by atoms with Gasteiger partial charge in [-0.05, 0) is 37.8 Å². The van der Waals surface area contributed by atoms with E-state index in [9.17, 15) is 5.11 Å². The van der Waals surface area contributed by atoms with Crippen LogP contribution in [0.5, 0.6) is 0 Å². The van der Waals surface area contributed by atoms with Crippen molar-refractivity contribution in [3.63, 3.8) is 0 Å². The van der Waals surface area contributed by atoms with Crippen molar-refractivity contribution in [3.05, 3.63) is 0 Å². The first-order chi connectivity index (χ1) is 8.65. The highest BCUT2D eigenvalue weighted by Crippen LogP contribution is 2.40. The Balaban J connectivity index is 2.20. The molecule has 0 saturated heterocycles. The number of aliphatic hydroxyl groups is 1. The predicted molar refractivity (Wildman–Crippen MR) is 77.9 cm³/mol. The monoisotopic (exact) mass is 256 g/mol. The van der Waals surface area contributed by atoms with Gasteiger partial charge in [-0.25, -0.2) is 0 Å². The van der Waals surface area contributed by atoms with E-state index in [-0.39, 0.29) is 6.10 Å². The molecule has 1 unspecified atom stereocenters. The van der Waals surface area contributed by atoms with Crippen molar-refractivity contribution in [1.29, 1.82) is 0 Å². The first-order valence-corrected chi connectivity index (χ1v) is 7.77. The van der Waals surface area contributed by atoms with Gasteiger partial charge in [-0.1, -0.05) is 33.6 Å². The molecule has 0 amide bonds. The number of hydrogen-bond donors (Lipinski definition) is 2. The zero-order valence-electron chi connectivity index (χ0n) is 12.5. The lowest BCUT2D eigenvalue weighted by Crippen LogP contribution is -2.41. The van der Waals surface area contributed by atoms with Crippen LogP contribution < -0.4 is 5.32 Å². The second-order valence-corrected chi connectivity index (χ2v) is 5.83. The highest BCUT2D eigenvalue weighted by molar-refractivity contribution is 4.85. The van der Waals surface area contributed by atoms with Gasteiger partial charge in [0.2, 0.25) is 0 Å². The summed E-state index contributed by atoms with van der Waals surface area (Å²) < 4.78 is 0. The van der Waals surface area contributed by atoms with Gasteiger partial charge < -0.3 is 15.3 Å². The maximum absolute atomic E-state index is 10.0. The Hall–Kier alpha value is -0.120. The van der Waals surface area contributed by atoms with E-state index in [4.69, 9.17) is 0 Å². The van der Waals surface area contributed by atoms with Gasteiger partial charge in [0, 0.05) is 19.6 Å². The Kier molecular flexibility index (Phi) is 7.20. The second kappa shape index (κ2) is 8.13. The molecule has 0 aliphatic heterocycles. The number of nitrogens with one attached hydrogen (secondary N) is 1. The SMILES string of the molecule is CCN(CC)CC(O)CNCC1(CC)CCCC1. The Morgan fingerprint density at radius 1 is 1.17 bits per heavy atom. The molecule has 0 heterocycles. The van der Waals surface area contributed by atoms with Crippen molar-refractivity contribution >= 4 is 0 Å². The number of hydrogen-bond acceptors (Lipinski definition) is 3. The third kappa shape index (κ3) is 4.87. The Bertz CT molecular complexity index is 211. The molecule has 1 aliphatic rings. The minimum absolute atomic E-state index is 0.236. The minimum atomic E-state index is -0.236. The summed E-state index contributed by atoms with van der Waals surface area (Å²) in [5, 5.41) is 13.5. The maximum Gasteiger partial charge on any atom is 0.0791 e. The quantitative estimate of drug-likeness (QED) is 0.664. The molecule has 1 fully saturated rings. The molecule has 3 heteroatoms. The molecule has 0 bridgehead atoms. The van der Waals surface area contributed by atoms with Crippen LogP contribution in [0.2, 0.25) is 0 Å². The molecule has 3 nitrogen and oxygen atoms in total. The van der Waals surface area contributed by atoms with Gasteiger partial charge >= 0.3 is 0 Å². The molecule has 0 radical (unpaired) electrons. The fourth-order valence-electron chi connectivity index (χ4n) is 3.13. The van der Waals surface area contributed by atoms with Crippen molar-refractivity contribution in [2.45, 2.75) is 59.0 Å². The van der Waals surface area contributed by atoms with E-state index in [2.05, 4.69) is 31.0 Å². The van der Waals surface area contributed by atoms with Crippen molar-refractivity contribution in [2.75, 3.05) is 32.7 Å². The Labute approximate surface area is 113 Å². The fraction of sp³-hybridized carbons (Fsp3) is 1.00. The van der Waals surface area contributed by atoms with E-state index in [1.165, 1.54) is 32.1 Å². The summed E-state index contributed by atoms with van der Waals surface area (Å²) in [5.74, 6) is 0. The highest BCUT2D eigenvalue weighted by atomic mass is 16.3. The average molecular weight is 256 g/mol. The molecule has 1 rings (SSSR count). The lowest BCUT2D eigenvalue weighted by Gasteiger charge is -2.29. The molecular formula is C15H32N2O. The zero-order chi connectivity index (χ0) is 13.4. The van der Waals surface area contributed by atoms with Gasteiger partial charge in [0.25, 0.3) is 0 Å². The Morgan fingerprint density at radius 2 is 1.78 bits per heavy atom. The van der Waals surface area contributed by atoms with Crippen LogP contribution in [0.4, 0.5) is 0 Å². The smallest absolute Gasteiger partial charge is 0.0791 e. The van der Waals surface area contributed by atoms with Crippen LogP contribution in [-0.4, -0.2) is 48.8 Å². The lowest BCUT2D eigenvalue weighted by atomic mass is 9.83. The van der Waals surface area contributed by atoms with Gasteiger partial charge in [0.15, 0.2) is 0 Å². The van der Waals surface area contributed by atoms with E-state index in [1.807, 2.05) is 0 Å². The normalized spacial score (nSPS) is 20.5. The van der Waals surface area contributed by atoms with Gasteiger partial charge in [-0.15, -0.1) is 0 Å². The first kappa shape index (κ1) is 15.9. The van der Waals surface area contributed by atoms with Crippen molar-refractivity contribution < 1.29 is 5.11 Å². The molecule has 0 aromatic heterocycles.